The van der Waals surface area contributed by atoms with E-state index in [-0.39, 0.29) is 4.90 Å². The molecule has 4 heteroatoms. The smallest absolute Gasteiger partial charge is 0.261 e. The maximum atomic E-state index is 12.9. The van der Waals surface area contributed by atoms with Gasteiger partial charge in [0.1, 0.15) is 0 Å². The number of rotatable bonds is 5. The molecule has 0 unspecified atom stereocenters. The lowest BCUT2D eigenvalue weighted by molar-refractivity contribution is 0.601. The van der Waals surface area contributed by atoms with Gasteiger partial charge in [0, 0.05) is 5.56 Å². The molecule has 0 heterocycles. The van der Waals surface area contributed by atoms with E-state index in [0.717, 1.165) is 22.3 Å². The van der Waals surface area contributed by atoms with Gasteiger partial charge in [-0.05, 0) is 34.9 Å². The Bertz CT molecular complexity index is 1170. The Hall–Kier alpha value is -3.37. The number of nitrogens with one attached hydrogen (secondary N) is 1. The van der Waals surface area contributed by atoms with Crippen molar-refractivity contribution in [3.8, 4) is 22.3 Å². The van der Waals surface area contributed by atoms with Crippen LogP contribution in [0.25, 0.3) is 22.3 Å². The molecule has 0 fully saturated rings. The Kier molecular flexibility index (Phi) is 4.96. The third kappa shape index (κ3) is 3.82. The van der Waals surface area contributed by atoms with Crippen LogP contribution in [-0.2, 0) is 10.0 Å². The Morgan fingerprint density at radius 2 is 1.00 bits per heavy atom. The van der Waals surface area contributed by atoms with Crippen molar-refractivity contribution in [3.05, 3.63) is 109 Å². The standard InChI is InChI=1S/C24H19NO2S/c26-28(27,22-17-15-20(16-18-22)19-9-3-1-4-10-19)25-24-14-8-7-13-23(24)21-11-5-2-6-12-21/h1-18,25H. The van der Waals surface area contributed by atoms with Gasteiger partial charge < -0.3 is 0 Å². The monoisotopic (exact) mass is 385 g/mol. The summed E-state index contributed by atoms with van der Waals surface area (Å²) in [5.41, 5.74) is 4.38. The summed E-state index contributed by atoms with van der Waals surface area (Å²) < 4.78 is 28.6. The molecule has 0 aliphatic heterocycles. The molecule has 0 amide bonds. The first-order valence-corrected chi connectivity index (χ1v) is 10.4. The van der Waals surface area contributed by atoms with Crippen molar-refractivity contribution < 1.29 is 8.42 Å². The Morgan fingerprint density at radius 3 is 1.64 bits per heavy atom. The highest BCUT2D eigenvalue weighted by atomic mass is 32.2. The van der Waals surface area contributed by atoms with Gasteiger partial charge in [-0.1, -0.05) is 91.0 Å². The topological polar surface area (TPSA) is 46.2 Å². The maximum absolute atomic E-state index is 12.9. The normalized spacial score (nSPS) is 11.1. The Balaban J connectivity index is 1.64. The van der Waals surface area contributed by atoms with Crippen molar-refractivity contribution in [1.82, 2.24) is 0 Å². The molecule has 4 aromatic carbocycles. The molecular weight excluding hydrogens is 366 g/mol. The second kappa shape index (κ2) is 7.71. The van der Waals surface area contributed by atoms with Crippen molar-refractivity contribution in [2.75, 3.05) is 4.72 Å². The number of sulfonamides is 1. The average Bonchev–Trinajstić information content (AvgIpc) is 2.75. The van der Waals surface area contributed by atoms with E-state index in [0.29, 0.717) is 5.69 Å². The minimum Gasteiger partial charge on any atom is -0.279 e. The summed E-state index contributed by atoms with van der Waals surface area (Å²) in [4.78, 5) is 0.232. The first kappa shape index (κ1) is 18.0. The maximum Gasteiger partial charge on any atom is 0.261 e. The lowest BCUT2D eigenvalue weighted by Gasteiger charge is -2.13. The van der Waals surface area contributed by atoms with Gasteiger partial charge in [0.05, 0.1) is 10.6 Å². The van der Waals surface area contributed by atoms with Crippen LogP contribution in [0.2, 0.25) is 0 Å². The highest BCUT2D eigenvalue weighted by Gasteiger charge is 2.16. The lowest BCUT2D eigenvalue weighted by Crippen LogP contribution is -2.13. The number of hydrogen-bond acceptors (Lipinski definition) is 2. The summed E-state index contributed by atoms with van der Waals surface area (Å²) in [5, 5.41) is 0. The SMILES string of the molecule is O=S(=O)(Nc1ccccc1-c1ccccc1)c1ccc(-c2ccccc2)cc1. The van der Waals surface area contributed by atoms with Crippen LogP contribution in [0.1, 0.15) is 0 Å². The van der Waals surface area contributed by atoms with E-state index in [4.69, 9.17) is 0 Å². The third-order valence-electron chi connectivity index (χ3n) is 4.53. The summed E-state index contributed by atoms with van der Waals surface area (Å²) >= 11 is 0. The molecule has 0 bridgehead atoms. The molecule has 0 saturated heterocycles. The van der Waals surface area contributed by atoms with E-state index in [9.17, 15) is 8.42 Å². The molecule has 0 saturated carbocycles. The summed E-state index contributed by atoms with van der Waals surface area (Å²) in [5.74, 6) is 0. The summed E-state index contributed by atoms with van der Waals surface area (Å²) in [6.45, 7) is 0. The van der Waals surface area contributed by atoms with Crippen molar-refractivity contribution in [2.24, 2.45) is 0 Å². The molecule has 4 rings (SSSR count). The molecule has 0 aliphatic carbocycles. The van der Waals surface area contributed by atoms with E-state index in [1.165, 1.54) is 0 Å². The van der Waals surface area contributed by atoms with Crippen LogP contribution < -0.4 is 4.72 Å². The van der Waals surface area contributed by atoms with Gasteiger partial charge in [0.15, 0.2) is 0 Å². The predicted octanol–water partition coefficient (Wildman–Crippen LogP) is 5.82. The van der Waals surface area contributed by atoms with E-state index in [2.05, 4.69) is 4.72 Å². The quantitative estimate of drug-likeness (QED) is 0.470. The molecule has 0 spiro atoms. The van der Waals surface area contributed by atoms with Crippen molar-refractivity contribution in [1.29, 1.82) is 0 Å². The van der Waals surface area contributed by atoms with Crippen molar-refractivity contribution in [2.45, 2.75) is 4.90 Å². The second-order valence-electron chi connectivity index (χ2n) is 6.41. The molecule has 0 radical (unpaired) electrons. The Labute approximate surface area is 165 Å². The van der Waals surface area contributed by atoms with E-state index >= 15 is 0 Å². The Morgan fingerprint density at radius 1 is 0.500 bits per heavy atom. The van der Waals surface area contributed by atoms with Crippen LogP contribution in [0.5, 0.6) is 0 Å². The largest absolute Gasteiger partial charge is 0.279 e. The van der Waals surface area contributed by atoms with Gasteiger partial charge in [-0.15, -0.1) is 0 Å². The first-order valence-electron chi connectivity index (χ1n) is 8.96. The number of anilines is 1. The highest BCUT2D eigenvalue weighted by molar-refractivity contribution is 7.92. The van der Waals surface area contributed by atoms with Crippen LogP contribution in [0.3, 0.4) is 0 Å². The minimum absolute atomic E-state index is 0.232. The van der Waals surface area contributed by atoms with Gasteiger partial charge in [-0.25, -0.2) is 8.42 Å². The molecule has 0 aliphatic rings. The molecule has 3 nitrogen and oxygen atoms in total. The van der Waals surface area contributed by atoms with Crippen molar-refractivity contribution in [3.63, 3.8) is 0 Å². The first-order chi connectivity index (χ1) is 13.6. The van der Waals surface area contributed by atoms with Crippen LogP contribution in [-0.4, -0.2) is 8.42 Å². The highest BCUT2D eigenvalue weighted by Crippen LogP contribution is 2.30. The molecule has 138 valence electrons. The fourth-order valence-electron chi connectivity index (χ4n) is 3.10. The van der Waals surface area contributed by atoms with E-state index < -0.39 is 10.0 Å². The number of para-hydroxylation sites is 1. The van der Waals surface area contributed by atoms with Crippen LogP contribution in [0, 0.1) is 0 Å². The fourth-order valence-corrected chi connectivity index (χ4v) is 4.18. The fraction of sp³-hybridized carbons (Fsp3) is 0. The van der Waals surface area contributed by atoms with Gasteiger partial charge in [-0.3, -0.25) is 4.72 Å². The predicted molar refractivity (Wildman–Crippen MR) is 115 cm³/mol. The molecule has 0 atom stereocenters. The lowest BCUT2D eigenvalue weighted by atomic mass is 10.0. The van der Waals surface area contributed by atoms with Crippen LogP contribution in [0.15, 0.2) is 114 Å². The van der Waals surface area contributed by atoms with Crippen molar-refractivity contribution >= 4 is 15.7 Å². The molecule has 28 heavy (non-hydrogen) atoms. The average molecular weight is 385 g/mol. The zero-order chi connectivity index (χ0) is 19.4. The van der Waals surface area contributed by atoms with Gasteiger partial charge in [0.25, 0.3) is 10.0 Å². The minimum atomic E-state index is -3.69. The zero-order valence-electron chi connectivity index (χ0n) is 15.1. The van der Waals surface area contributed by atoms with Gasteiger partial charge in [-0.2, -0.15) is 0 Å². The van der Waals surface area contributed by atoms with Crippen LogP contribution >= 0.6 is 0 Å². The number of hydrogen-bond donors (Lipinski definition) is 1. The van der Waals surface area contributed by atoms with Gasteiger partial charge in [0.2, 0.25) is 0 Å². The third-order valence-corrected chi connectivity index (χ3v) is 5.91. The molecule has 1 N–H and O–H groups in total. The van der Waals surface area contributed by atoms with E-state index in [1.807, 2.05) is 91.0 Å². The number of benzene rings is 4. The molecule has 0 aromatic heterocycles. The van der Waals surface area contributed by atoms with Gasteiger partial charge >= 0.3 is 0 Å². The second-order valence-corrected chi connectivity index (χ2v) is 8.09. The zero-order valence-corrected chi connectivity index (χ0v) is 15.9. The molecule has 4 aromatic rings. The van der Waals surface area contributed by atoms with Crippen LogP contribution in [0.4, 0.5) is 5.69 Å². The van der Waals surface area contributed by atoms with E-state index in [1.54, 1.807) is 18.2 Å². The molecular formula is C24H19NO2S. The summed E-state index contributed by atoms with van der Waals surface area (Å²) in [7, 11) is -3.69. The summed E-state index contributed by atoms with van der Waals surface area (Å²) in [6.07, 6.45) is 0. The summed E-state index contributed by atoms with van der Waals surface area (Å²) in [6, 6.07) is 33.9.